The summed E-state index contributed by atoms with van der Waals surface area (Å²) in [5, 5.41) is 6.69. The number of hydrogen-bond acceptors (Lipinski definition) is 2. The number of halogens is 1. The highest BCUT2D eigenvalue weighted by Gasteiger charge is 2.26. The van der Waals surface area contributed by atoms with Crippen LogP contribution in [-0.2, 0) is 6.42 Å². The molecule has 1 N–H and O–H groups in total. The second-order valence-electron chi connectivity index (χ2n) is 5.76. The van der Waals surface area contributed by atoms with Gasteiger partial charge in [-0.3, -0.25) is 0 Å². The topological polar surface area (TPSA) is 12.0 Å². The lowest BCUT2D eigenvalue weighted by Crippen LogP contribution is -2.33. The smallest absolute Gasteiger partial charge is 0.0545 e. The van der Waals surface area contributed by atoms with Crippen LogP contribution in [0, 0.1) is 11.8 Å². The second-order valence-corrected chi connectivity index (χ2v) is 7.17. The van der Waals surface area contributed by atoms with Gasteiger partial charge < -0.3 is 5.32 Å². The van der Waals surface area contributed by atoms with Gasteiger partial charge in [0.2, 0.25) is 0 Å². The first kappa shape index (κ1) is 14.4. The molecule has 2 rings (SSSR count). The molecule has 0 amide bonds. The Morgan fingerprint density at radius 3 is 2.67 bits per heavy atom. The van der Waals surface area contributed by atoms with Gasteiger partial charge >= 0.3 is 0 Å². The van der Waals surface area contributed by atoms with Gasteiger partial charge in [-0.1, -0.05) is 51.1 Å². The zero-order chi connectivity index (χ0) is 13.0. The lowest BCUT2D eigenvalue weighted by atomic mass is 9.87. The van der Waals surface area contributed by atoms with Crippen LogP contribution in [0.2, 0.25) is 5.02 Å². The van der Waals surface area contributed by atoms with E-state index < -0.39 is 0 Å². The number of hydrogen-bond donors (Lipinski definition) is 1. The Bertz CT molecular complexity index is 355. The van der Waals surface area contributed by atoms with Gasteiger partial charge in [0.05, 0.1) is 5.02 Å². The lowest BCUT2D eigenvalue weighted by molar-refractivity contribution is 0.314. The molecule has 1 nitrogen and oxygen atoms in total. The predicted octanol–water partition coefficient (Wildman–Crippen LogP) is 4.75. The molecule has 1 heterocycles. The van der Waals surface area contributed by atoms with Crippen molar-refractivity contribution in [3.05, 3.63) is 21.3 Å². The van der Waals surface area contributed by atoms with Gasteiger partial charge in [-0.05, 0) is 36.2 Å². The molecule has 1 saturated carbocycles. The van der Waals surface area contributed by atoms with E-state index in [0.717, 1.165) is 29.8 Å². The normalized spacial score (nSPS) is 18.7. The zero-order valence-corrected chi connectivity index (χ0v) is 13.0. The Balaban J connectivity index is 1.97. The molecule has 1 unspecified atom stereocenters. The Morgan fingerprint density at radius 2 is 2.11 bits per heavy atom. The minimum Gasteiger partial charge on any atom is -0.314 e. The van der Waals surface area contributed by atoms with Crippen LogP contribution in [-0.4, -0.2) is 12.6 Å². The molecule has 0 bridgehead atoms. The third-order valence-electron chi connectivity index (χ3n) is 3.99. The first-order valence-electron chi connectivity index (χ1n) is 7.12. The Hall–Kier alpha value is -0.0500. The van der Waals surface area contributed by atoms with Gasteiger partial charge in [0, 0.05) is 10.9 Å². The van der Waals surface area contributed by atoms with E-state index in [1.807, 2.05) is 17.4 Å². The van der Waals surface area contributed by atoms with Gasteiger partial charge in [0.15, 0.2) is 0 Å². The van der Waals surface area contributed by atoms with E-state index in [1.165, 1.54) is 30.6 Å². The fourth-order valence-electron chi connectivity index (χ4n) is 2.93. The summed E-state index contributed by atoms with van der Waals surface area (Å²) in [5.41, 5.74) is 0. The molecule has 1 aromatic heterocycles. The van der Waals surface area contributed by atoms with Gasteiger partial charge in [-0.15, -0.1) is 11.3 Å². The van der Waals surface area contributed by atoms with Crippen molar-refractivity contribution in [3.63, 3.8) is 0 Å². The summed E-state index contributed by atoms with van der Waals surface area (Å²) >= 11 is 8.05. The molecule has 0 aromatic carbocycles. The second kappa shape index (κ2) is 6.93. The molecule has 1 aliphatic rings. The molecule has 0 radical (unpaired) electrons. The van der Waals surface area contributed by atoms with Crippen molar-refractivity contribution in [2.45, 2.75) is 52.0 Å². The van der Waals surface area contributed by atoms with Crippen molar-refractivity contribution in [1.82, 2.24) is 5.32 Å². The summed E-state index contributed by atoms with van der Waals surface area (Å²) in [6.45, 7) is 5.59. The van der Waals surface area contributed by atoms with Crippen LogP contribution < -0.4 is 5.32 Å². The summed E-state index contributed by atoms with van der Waals surface area (Å²) in [5.74, 6) is 1.65. The van der Waals surface area contributed by atoms with Crippen LogP contribution in [0.15, 0.2) is 11.4 Å². The Kier molecular flexibility index (Phi) is 5.53. The standard InChI is InChI=1S/C15H24ClNS/c1-11(2)17-10-13(12-5-3-4-6-12)9-15-14(16)7-8-18-15/h7-8,11-13,17H,3-6,9-10H2,1-2H3. The first-order valence-corrected chi connectivity index (χ1v) is 8.38. The zero-order valence-electron chi connectivity index (χ0n) is 11.4. The summed E-state index contributed by atoms with van der Waals surface area (Å²) in [7, 11) is 0. The van der Waals surface area contributed by atoms with Gasteiger partial charge in [0.25, 0.3) is 0 Å². The van der Waals surface area contributed by atoms with Crippen LogP contribution in [0.5, 0.6) is 0 Å². The predicted molar refractivity (Wildman–Crippen MR) is 81.6 cm³/mol. The molecule has 18 heavy (non-hydrogen) atoms. The molecule has 0 aliphatic heterocycles. The molecule has 0 spiro atoms. The van der Waals surface area contributed by atoms with Crippen LogP contribution in [0.25, 0.3) is 0 Å². The lowest BCUT2D eigenvalue weighted by Gasteiger charge is -2.24. The number of rotatable bonds is 6. The maximum Gasteiger partial charge on any atom is 0.0545 e. The van der Waals surface area contributed by atoms with Crippen molar-refractivity contribution in [1.29, 1.82) is 0 Å². The molecule has 1 aliphatic carbocycles. The first-order chi connectivity index (χ1) is 8.66. The molecule has 102 valence electrons. The molecular weight excluding hydrogens is 262 g/mol. The van der Waals surface area contributed by atoms with Gasteiger partial charge in [0.1, 0.15) is 0 Å². The highest BCUT2D eigenvalue weighted by molar-refractivity contribution is 7.10. The maximum atomic E-state index is 6.24. The SMILES string of the molecule is CC(C)NCC(Cc1sccc1Cl)C1CCCC1. The minimum absolute atomic E-state index is 0.577. The van der Waals surface area contributed by atoms with Crippen LogP contribution >= 0.6 is 22.9 Å². The maximum absolute atomic E-state index is 6.24. The quantitative estimate of drug-likeness (QED) is 0.795. The third-order valence-corrected chi connectivity index (χ3v) is 5.40. The molecular formula is C15H24ClNS. The van der Waals surface area contributed by atoms with E-state index in [1.54, 1.807) is 0 Å². The Labute approximate surface area is 120 Å². The van der Waals surface area contributed by atoms with E-state index in [4.69, 9.17) is 11.6 Å². The van der Waals surface area contributed by atoms with Crippen molar-refractivity contribution in [2.75, 3.05) is 6.54 Å². The highest BCUT2D eigenvalue weighted by atomic mass is 35.5. The van der Waals surface area contributed by atoms with E-state index in [0.29, 0.717) is 6.04 Å². The summed E-state index contributed by atoms with van der Waals surface area (Å²) in [4.78, 5) is 1.37. The van der Waals surface area contributed by atoms with E-state index in [9.17, 15) is 0 Å². The third kappa shape index (κ3) is 3.97. The monoisotopic (exact) mass is 285 g/mol. The average molecular weight is 286 g/mol. The van der Waals surface area contributed by atoms with Crippen molar-refractivity contribution < 1.29 is 0 Å². The van der Waals surface area contributed by atoms with Crippen molar-refractivity contribution >= 4 is 22.9 Å². The van der Waals surface area contributed by atoms with Gasteiger partial charge in [-0.2, -0.15) is 0 Å². The highest BCUT2D eigenvalue weighted by Crippen LogP contribution is 2.35. The number of thiophene rings is 1. The fraction of sp³-hybridized carbons (Fsp3) is 0.733. The summed E-state index contributed by atoms with van der Waals surface area (Å²) < 4.78 is 0. The molecule has 1 aromatic rings. The van der Waals surface area contributed by atoms with E-state index in [2.05, 4.69) is 24.5 Å². The number of nitrogens with one attached hydrogen (secondary N) is 1. The Morgan fingerprint density at radius 1 is 1.39 bits per heavy atom. The van der Waals surface area contributed by atoms with Crippen LogP contribution in [0.3, 0.4) is 0 Å². The van der Waals surface area contributed by atoms with Crippen LogP contribution in [0.1, 0.15) is 44.4 Å². The minimum atomic E-state index is 0.577. The molecule has 0 saturated heterocycles. The van der Waals surface area contributed by atoms with Gasteiger partial charge in [-0.25, -0.2) is 0 Å². The van der Waals surface area contributed by atoms with Crippen molar-refractivity contribution in [2.24, 2.45) is 11.8 Å². The molecule has 1 fully saturated rings. The largest absolute Gasteiger partial charge is 0.314 e. The average Bonchev–Trinajstić information content (AvgIpc) is 2.96. The van der Waals surface area contributed by atoms with Crippen molar-refractivity contribution in [3.8, 4) is 0 Å². The van der Waals surface area contributed by atoms with E-state index >= 15 is 0 Å². The summed E-state index contributed by atoms with van der Waals surface area (Å²) in [6, 6.07) is 2.61. The molecule has 1 atom stereocenters. The summed E-state index contributed by atoms with van der Waals surface area (Å²) in [6.07, 6.45) is 6.81. The fourth-order valence-corrected chi connectivity index (χ4v) is 4.14. The van der Waals surface area contributed by atoms with Crippen LogP contribution in [0.4, 0.5) is 0 Å². The molecule has 3 heteroatoms. The van der Waals surface area contributed by atoms with E-state index in [-0.39, 0.29) is 0 Å².